The number of pyridine rings is 1. The van der Waals surface area contributed by atoms with E-state index in [0.29, 0.717) is 36.8 Å². The van der Waals surface area contributed by atoms with Gasteiger partial charge in [-0.2, -0.15) is 0 Å². The van der Waals surface area contributed by atoms with Gasteiger partial charge in [0, 0.05) is 25.8 Å². The number of aromatic nitrogens is 1. The van der Waals surface area contributed by atoms with Crippen LogP contribution >= 0.6 is 0 Å². The first-order valence-corrected chi connectivity index (χ1v) is 7.34. The number of carbonyl (C=O) groups is 2. The fourth-order valence-electron chi connectivity index (χ4n) is 2.69. The fourth-order valence-corrected chi connectivity index (χ4v) is 2.69. The summed E-state index contributed by atoms with van der Waals surface area (Å²) in [6.07, 6.45) is 3.82. The van der Waals surface area contributed by atoms with Gasteiger partial charge in [0.2, 0.25) is 0 Å². The molecule has 0 bridgehead atoms. The predicted octanol–water partition coefficient (Wildman–Crippen LogP) is 1.54. The summed E-state index contributed by atoms with van der Waals surface area (Å²) in [5.41, 5.74) is 0.477. The number of nitrogens with one attached hydrogen (secondary N) is 1. The van der Waals surface area contributed by atoms with Gasteiger partial charge in [-0.3, -0.25) is 9.59 Å². The molecule has 22 heavy (non-hydrogen) atoms. The summed E-state index contributed by atoms with van der Waals surface area (Å²) >= 11 is 0. The average molecular weight is 303 g/mol. The van der Waals surface area contributed by atoms with Crippen LogP contribution in [0.3, 0.4) is 0 Å². The number of nitrogens with zero attached hydrogens (tertiary/aromatic N) is 2. The van der Waals surface area contributed by atoms with Gasteiger partial charge in [0.05, 0.1) is 11.5 Å². The van der Waals surface area contributed by atoms with Crippen LogP contribution in [0.2, 0.25) is 0 Å². The summed E-state index contributed by atoms with van der Waals surface area (Å²) in [7, 11) is 0. The molecule has 1 aromatic heterocycles. The van der Waals surface area contributed by atoms with Crippen LogP contribution in [0.1, 0.15) is 23.7 Å². The molecule has 2 atom stereocenters. The van der Waals surface area contributed by atoms with Gasteiger partial charge in [0.1, 0.15) is 5.82 Å². The highest BCUT2D eigenvalue weighted by atomic mass is 16.4. The number of carboxylic acids is 1. The van der Waals surface area contributed by atoms with Gasteiger partial charge < -0.3 is 15.3 Å². The van der Waals surface area contributed by atoms with Gasteiger partial charge in [0.25, 0.3) is 5.91 Å². The van der Waals surface area contributed by atoms with E-state index in [9.17, 15) is 14.7 Å². The summed E-state index contributed by atoms with van der Waals surface area (Å²) in [6.45, 7) is 7.22. The Bertz CT molecular complexity index is 556. The van der Waals surface area contributed by atoms with Crippen LogP contribution in [0.15, 0.2) is 31.0 Å². The summed E-state index contributed by atoms with van der Waals surface area (Å²) in [6, 6.07) is 3.47. The molecule has 2 N–H and O–H groups in total. The molecule has 1 fully saturated rings. The summed E-state index contributed by atoms with van der Waals surface area (Å²) in [5, 5.41) is 11.9. The first-order valence-electron chi connectivity index (χ1n) is 7.34. The van der Waals surface area contributed by atoms with Crippen molar-refractivity contribution in [2.45, 2.75) is 13.3 Å². The highest BCUT2D eigenvalue weighted by molar-refractivity contribution is 5.94. The van der Waals surface area contributed by atoms with Crippen LogP contribution in [-0.4, -0.2) is 41.6 Å². The Kier molecular flexibility index (Phi) is 5.14. The minimum absolute atomic E-state index is 0.200. The summed E-state index contributed by atoms with van der Waals surface area (Å²) in [5.74, 6) is -0.335. The molecule has 1 aliphatic rings. The van der Waals surface area contributed by atoms with Crippen LogP contribution in [0, 0.1) is 11.8 Å². The second kappa shape index (κ2) is 7.06. The van der Waals surface area contributed by atoms with Gasteiger partial charge in [-0.1, -0.05) is 13.0 Å². The van der Waals surface area contributed by atoms with E-state index in [2.05, 4.69) is 16.9 Å². The zero-order valence-corrected chi connectivity index (χ0v) is 12.7. The van der Waals surface area contributed by atoms with Crippen molar-refractivity contribution in [1.29, 1.82) is 0 Å². The maximum Gasteiger partial charge on any atom is 0.308 e. The van der Waals surface area contributed by atoms with Crippen LogP contribution < -0.4 is 10.2 Å². The van der Waals surface area contributed by atoms with Crippen molar-refractivity contribution in [1.82, 2.24) is 10.3 Å². The standard InChI is InChI=1S/C16H21N3O3/c1-3-6-17-15(20)12-4-5-14(18-8-12)19-9-11(2)7-13(10-19)16(21)22/h3-5,8,11,13H,1,6-7,9-10H2,2H3,(H,17,20)(H,21,22). The SMILES string of the molecule is C=CCNC(=O)c1ccc(N2CC(C)CC(C(=O)O)C2)nc1. The second-order valence-electron chi connectivity index (χ2n) is 5.68. The first-order chi connectivity index (χ1) is 10.5. The number of carbonyl (C=O) groups excluding carboxylic acids is 1. The summed E-state index contributed by atoms with van der Waals surface area (Å²) < 4.78 is 0. The lowest BCUT2D eigenvalue weighted by atomic mass is 9.90. The predicted molar refractivity (Wildman–Crippen MR) is 83.9 cm³/mol. The third-order valence-corrected chi connectivity index (χ3v) is 3.75. The third-order valence-electron chi connectivity index (χ3n) is 3.75. The lowest BCUT2D eigenvalue weighted by molar-refractivity contribution is -0.142. The van der Waals surface area contributed by atoms with Crippen molar-refractivity contribution in [3.05, 3.63) is 36.5 Å². The number of carboxylic acid groups (broad SMARTS) is 1. The van der Waals surface area contributed by atoms with Crippen molar-refractivity contribution in [3.63, 3.8) is 0 Å². The van der Waals surface area contributed by atoms with E-state index in [1.54, 1.807) is 18.2 Å². The largest absolute Gasteiger partial charge is 0.481 e. The molecule has 2 unspecified atom stereocenters. The van der Waals surface area contributed by atoms with E-state index < -0.39 is 5.97 Å². The lowest BCUT2D eigenvalue weighted by Gasteiger charge is -2.35. The van der Waals surface area contributed by atoms with Crippen molar-refractivity contribution in [2.24, 2.45) is 11.8 Å². The smallest absolute Gasteiger partial charge is 0.308 e. The number of aliphatic carboxylic acids is 1. The lowest BCUT2D eigenvalue weighted by Crippen LogP contribution is -2.43. The van der Waals surface area contributed by atoms with Crippen molar-refractivity contribution in [2.75, 3.05) is 24.5 Å². The number of anilines is 1. The first kappa shape index (κ1) is 16.0. The van der Waals surface area contributed by atoms with E-state index in [4.69, 9.17) is 0 Å². The average Bonchev–Trinajstić information content (AvgIpc) is 2.52. The van der Waals surface area contributed by atoms with E-state index in [-0.39, 0.29) is 11.8 Å². The second-order valence-corrected chi connectivity index (χ2v) is 5.68. The highest BCUT2D eigenvalue weighted by Gasteiger charge is 2.30. The molecule has 1 amide bonds. The van der Waals surface area contributed by atoms with Gasteiger partial charge in [-0.15, -0.1) is 6.58 Å². The Morgan fingerprint density at radius 3 is 2.86 bits per heavy atom. The minimum Gasteiger partial charge on any atom is -0.481 e. The Labute approximate surface area is 129 Å². The highest BCUT2D eigenvalue weighted by Crippen LogP contribution is 2.25. The Balaban J connectivity index is 2.07. The molecule has 0 spiro atoms. The zero-order chi connectivity index (χ0) is 16.1. The molecule has 0 aromatic carbocycles. The number of amides is 1. The van der Waals surface area contributed by atoms with Crippen molar-refractivity contribution < 1.29 is 14.7 Å². The number of rotatable bonds is 5. The van der Waals surface area contributed by atoms with E-state index in [1.165, 1.54) is 6.20 Å². The zero-order valence-electron chi connectivity index (χ0n) is 12.7. The molecule has 0 aliphatic carbocycles. The number of piperidine rings is 1. The van der Waals surface area contributed by atoms with Gasteiger partial charge in [0.15, 0.2) is 0 Å². The van der Waals surface area contributed by atoms with Gasteiger partial charge in [-0.05, 0) is 24.5 Å². The van der Waals surface area contributed by atoms with Crippen LogP contribution in [0.4, 0.5) is 5.82 Å². The van der Waals surface area contributed by atoms with E-state index in [1.807, 2.05) is 11.8 Å². The van der Waals surface area contributed by atoms with Gasteiger partial charge >= 0.3 is 5.97 Å². The van der Waals surface area contributed by atoms with Crippen molar-refractivity contribution >= 4 is 17.7 Å². The van der Waals surface area contributed by atoms with E-state index >= 15 is 0 Å². The van der Waals surface area contributed by atoms with Crippen molar-refractivity contribution in [3.8, 4) is 0 Å². The molecule has 6 heteroatoms. The Morgan fingerprint density at radius 2 is 2.27 bits per heavy atom. The minimum atomic E-state index is -0.767. The molecular formula is C16H21N3O3. The molecule has 0 saturated carbocycles. The summed E-state index contributed by atoms with van der Waals surface area (Å²) in [4.78, 5) is 29.3. The third kappa shape index (κ3) is 3.84. The molecule has 1 saturated heterocycles. The van der Waals surface area contributed by atoms with E-state index in [0.717, 1.165) is 6.54 Å². The number of hydrogen-bond donors (Lipinski definition) is 2. The topological polar surface area (TPSA) is 82.5 Å². The van der Waals surface area contributed by atoms with Crippen LogP contribution in [-0.2, 0) is 4.79 Å². The molecule has 1 aromatic rings. The molecular weight excluding hydrogens is 282 g/mol. The molecule has 6 nitrogen and oxygen atoms in total. The molecule has 2 rings (SSSR count). The Hall–Kier alpha value is -2.37. The monoisotopic (exact) mass is 303 g/mol. The fraction of sp³-hybridized carbons (Fsp3) is 0.438. The molecule has 2 heterocycles. The maximum absolute atomic E-state index is 11.8. The Morgan fingerprint density at radius 1 is 1.50 bits per heavy atom. The van der Waals surface area contributed by atoms with Crippen LogP contribution in [0.25, 0.3) is 0 Å². The number of hydrogen-bond acceptors (Lipinski definition) is 4. The molecule has 0 radical (unpaired) electrons. The molecule has 118 valence electrons. The van der Waals surface area contributed by atoms with Gasteiger partial charge in [-0.25, -0.2) is 4.98 Å². The molecule has 1 aliphatic heterocycles. The van der Waals surface area contributed by atoms with Crippen LogP contribution in [0.5, 0.6) is 0 Å². The maximum atomic E-state index is 11.8. The normalized spacial score (nSPS) is 21.2. The quantitative estimate of drug-likeness (QED) is 0.806.